The van der Waals surface area contributed by atoms with Crippen molar-refractivity contribution in [2.75, 3.05) is 38.6 Å². The van der Waals surface area contributed by atoms with Crippen molar-refractivity contribution in [1.29, 1.82) is 0 Å². The first-order valence-corrected chi connectivity index (χ1v) is 11.8. The zero-order valence-corrected chi connectivity index (χ0v) is 19.4. The number of guanidine groups is 1. The second-order valence-corrected chi connectivity index (χ2v) is 8.87. The van der Waals surface area contributed by atoms with Gasteiger partial charge in [0.1, 0.15) is 5.82 Å². The number of carbonyl (C=O) groups excluding carboxylic acids is 2. The third-order valence-corrected chi connectivity index (χ3v) is 6.53. The van der Waals surface area contributed by atoms with E-state index in [2.05, 4.69) is 15.6 Å². The van der Waals surface area contributed by atoms with Crippen LogP contribution in [0.2, 0.25) is 0 Å². The Hall–Kier alpha value is -3.42. The molecule has 34 heavy (non-hydrogen) atoms. The number of nitrogens with zero attached hydrogens (tertiary/aromatic N) is 2. The molecule has 2 N–H and O–H groups in total. The molecule has 2 aliphatic rings. The Bertz CT molecular complexity index is 1050. The molecule has 0 aromatic heterocycles. The molecule has 1 amide bonds. The number of amides is 1. The lowest BCUT2D eigenvalue weighted by Crippen LogP contribution is -2.38. The molecule has 1 atom stereocenters. The summed E-state index contributed by atoms with van der Waals surface area (Å²) in [5.74, 6) is 0.381. The number of piperidine rings is 1. The van der Waals surface area contributed by atoms with Gasteiger partial charge in [-0.05, 0) is 67.0 Å². The van der Waals surface area contributed by atoms with Crippen molar-refractivity contribution in [3.63, 3.8) is 0 Å². The summed E-state index contributed by atoms with van der Waals surface area (Å²) in [6.07, 6.45) is 2.67. The summed E-state index contributed by atoms with van der Waals surface area (Å²) in [4.78, 5) is 31.3. The molecule has 4 rings (SSSR count). The number of anilines is 1. The Balaban J connectivity index is 1.35. The third-order valence-electron chi connectivity index (χ3n) is 6.53. The molecular weight excluding hydrogens is 435 g/mol. The number of carbonyl (C=O) groups is 2. The molecule has 2 aromatic carbocycles. The number of ether oxygens (including phenoxy) is 1. The number of rotatable bonds is 7. The van der Waals surface area contributed by atoms with E-state index in [0.717, 1.165) is 49.6 Å². The van der Waals surface area contributed by atoms with Crippen LogP contribution < -0.4 is 10.6 Å². The summed E-state index contributed by atoms with van der Waals surface area (Å²) in [6, 6.07) is 13.9. The smallest absolute Gasteiger partial charge is 0.306 e. The summed E-state index contributed by atoms with van der Waals surface area (Å²) in [5.41, 5.74) is 2.29. The van der Waals surface area contributed by atoms with E-state index in [1.165, 1.54) is 19.2 Å². The number of benzene rings is 2. The van der Waals surface area contributed by atoms with Gasteiger partial charge in [-0.2, -0.15) is 0 Å². The molecule has 7 nitrogen and oxygen atoms in total. The van der Waals surface area contributed by atoms with Crippen LogP contribution in [0.3, 0.4) is 0 Å². The van der Waals surface area contributed by atoms with Gasteiger partial charge in [0.05, 0.1) is 20.1 Å². The van der Waals surface area contributed by atoms with Crippen LogP contribution in [-0.4, -0.2) is 56.0 Å². The fourth-order valence-corrected chi connectivity index (χ4v) is 4.69. The molecule has 0 saturated carbocycles. The predicted molar refractivity (Wildman–Crippen MR) is 129 cm³/mol. The first-order valence-electron chi connectivity index (χ1n) is 11.8. The average Bonchev–Trinajstić information content (AvgIpc) is 3.37. The zero-order valence-electron chi connectivity index (χ0n) is 19.4. The fourth-order valence-electron chi connectivity index (χ4n) is 4.69. The Morgan fingerprint density at radius 3 is 2.71 bits per heavy atom. The van der Waals surface area contributed by atoms with Crippen LogP contribution in [0.4, 0.5) is 10.1 Å². The zero-order chi connectivity index (χ0) is 23.9. The number of likely N-dealkylation sites (tertiary alicyclic amines) is 1. The molecule has 1 saturated heterocycles. The number of nitrogens with one attached hydrogen (secondary N) is 2. The fraction of sp³-hybridized carbons (Fsp3) is 0.423. The Morgan fingerprint density at radius 1 is 1.21 bits per heavy atom. The van der Waals surface area contributed by atoms with Crippen molar-refractivity contribution in [2.45, 2.75) is 31.6 Å². The van der Waals surface area contributed by atoms with E-state index in [-0.39, 0.29) is 30.0 Å². The number of aliphatic imine (C=N–C) groups is 1. The quantitative estimate of drug-likeness (QED) is 0.607. The maximum atomic E-state index is 13.8. The van der Waals surface area contributed by atoms with Gasteiger partial charge in [0.25, 0.3) is 5.91 Å². The minimum Gasteiger partial charge on any atom is -0.469 e. The molecule has 0 aliphatic carbocycles. The monoisotopic (exact) mass is 466 g/mol. The highest BCUT2D eigenvalue weighted by molar-refractivity contribution is 5.98. The molecule has 2 heterocycles. The number of hydrogen-bond donors (Lipinski definition) is 2. The highest BCUT2D eigenvalue weighted by Crippen LogP contribution is 2.33. The van der Waals surface area contributed by atoms with Crippen LogP contribution in [0, 0.1) is 11.7 Å². The van der Waals surface area contributed by atoms with Gasteiger partial charge < -0.3 is 20.3 Å². The Morgan fingerprint density at radius 2 is 2.00 bits per heavy atom. The van der Waals surface area contributed by atoms with Crippen molar-refractivity contribution < 1.29 is 18.7 Å². The summed E-state index contributed by atoms with van der Waals surface area (Å²) in [7, 11) is 1.37. The molecule has 0 radical (unpaired) electrons. The van der Waals surface area contributed by atoms with Gasteiger partial charge in [0, 0.05) is 30.9 Å². The Kier molecular flexibility index (Phi) is 7.77. The van der Waals surface area contributed by atoms with Crippen molar-refractivity contribution in [1.82, 2.24) is 10.2 Å². The van der Waals surface area contributed by atoms with Gasteiger partial charge in [0.15, 0.2) is 5.96 Å². The standard InChI is InChI=1S/C26H31FN4O3/c1-34-24(32)17-21(19-4-2-6-22(27)15-19)14-18-8-12-31(13-9-18)25(33)20-5-3-7-23(16-20)30-26-28-10-11-29-26/h2-7,15-16,18,21H,8-14,17H2,1H3,(H2,28,29,30). The minimum atomic E-state index is -0.305. The second-order valence-electron chi connectivity index (χ2n) is 8.87. The molecule has 1 unspecified atom stereocenters. The molecule has 1 fully saturated rings. The van der Waals surface area contributed by atoms with Gasteiger partial charge >= 0.3 is 5.97 Å². The maximum absolute atomic E-state index is 13.8. The minimum absolute atomic E-state index is 0.0136. The topological polar surface area (TPSA) is 83.0 Å². The van der Waals surface area contributed by atoms with Gasteiger partial charge in [-0.1, -0.05) is 18.2 Å². The van der Waals surface area contributed by atoms with E-state index in [0.29, 0.717) is 24.6 Å². The van der Waals surface area contributed by atoms with Crippen LogP contribution >= 0.6 is 0 Å². The Labute approximate surface area is 199 Å². The van der Waals surface area contributed by atoms with Gasteiger partial charge in [-0.25, -0.2) is 4.39 Å². The van der Waals surface area contributed by atoms with Crippen LogP contribution in [0.15, 0.2) is 53.5 Å². The second kappa shape index (κ2) is 11.1. The van der Waals surface area contributed by atoms with Gasteiger partial charge in [-0.15, -0.1) is 0 Å². The van der Waals surface area contributed by atoms with Crippen molar-refractivity contribution in [3.05, 3.63) is 65.5 Å². The van der Waals surface area contributed by atoms with E-state index in [9.17, 15) is 14.0 Å². The third kappa shape index (κ3) is 6.12. The van der Waals surface area contributed by atoms with E-state index < -0.39 is 0 Å². The molecule has 8 heteroatoms. The van der Waals surface area contributed by atoms with Crippen LogP contribution in [0.1, 0.15) is 47.5 Å². The highest BCUT2D eigenvalue weighted by Gasteiger charge is 2.27. The molecule has 180 valence electrons. The van der Waals surface area contributed by atoms with E-state index in [4.69, 9.17) is 4.74 Å². The first-order chi connectivity index (χ1) is 16.5. The van der Waals surface area contributed by atoms with E-state index >= 15 is 0 Å². The number of halogens is 1. The molecule has 2 aliphatic heterocycles. The highest BCUT2D eigenvalue weighted by atomic mass is 19.1. The summed E-state index contributed by atoms with van der Waals surface area (Å²) in [5, 5.41) is 6.37. The van der Waals surface area contributed by atoms with Gasteiger partial charge in [-0.3, -0.25) is 14.6 Å². The molecular formula is C26H31FN4O3. The summed E-state index contributed by atoms with van der Waals surface area (Å²) < 4.78 is 18.7. The van der Waals surface area contributed by atoms with Crippen LogP contribution in [0.25, 0.3) is 0 Å². The predicted octanol–water partition coefficient (Wildman–Crippen LogP) is 3.79. The number of hydrogen-bond acceptors (Lipinski definition) is 6. The molecule has 0 spiro atoms. The number of methoxy groups -OCH3 is 1. The van der Waals surface area contributed by atoms with Crippen molar-refractivity contribution in [3.8, 4) is 0 Å². The average molecular weight is 467 g/mol. The first kappa shape index (κ1) is 23.7. The van der Waals surface area contributed by atoms with Crippen molar-refractivity contribution in [2.24, 2.45) is 10.9 Å². The largest absolute Gasteiger partial charge is 0.469 e. The van der Waals surface area contributed by atoms with Crippen LogP contribution in [-0.2, 0) is 9.53 Å². The van der Waals surface area contributed by atoms with E-state index in [1.54, 1.807) is 6.07 Å². The van der Waals surface area contributed by atoms with Gasteiger partial charge in [0.2, 0.25) is 0 Å². The van der Waals surface area contributed by atoms with E-state index in [1.807, 2.05) is 35.2 Å². The van der Waals surface area contributed by atoms with Crippen LogP contribution in [0.5, 0.6) is 0 Å². The summed E-state index contributed by atoms with van der Waals surface area (Å²) >= 11 is 0. The molecule has 0 bridgehead atoms. The normalized spacial score (nSPS) is 17.0. The number of esters is 1. The molecule has 2 aromatic rings. The summed E-state index contributed by atoms with van der Waals surface area (Å²) in [6.45, 7) is 2.87. The van der Waals surface area contributed by atoms with Crippen molar-refractivity contribution >= 4 is 23.5 Å². The SMILES string of the molecule is COC(=O)CC(CC1CCN(C(=O)c2cccc(NC3=NCCN3)c2)CC1)c1cccc(F)c1. The lowest BCUT2D eigenvalue weighted by Gasteiger charge is -2.34. The lowest BCUT2D eigenvalue weighted by atomic mass is 9.82. The maximum Gasteiger partial charge on any atom is 0.306 e. The lowest BCUT2D eigenvalue weighted by molar-refractivity contribution is -0.141.